The summed E-state index contributed by atoms with van der Waals surface area (Å²) in [7, 11) is 0. The number of carbonyl (C=O) groups excluding carboxylic acids is 1. The summed E-state index contributed by atoms with van der Waals surface area (Å²) in [4.78, 5) is 24.9. The molecule has 2 aliphatic rings. The molecule has 0 aromatic heterocycles. The van der Waals surface area contributed by atoms with Gasteiger partial charge < -0.3 is 20.4 Å². The highest BCUT2D eigenvalue weighted by Crippen LogP contribution is 2.35. The lowest BCUT2D eigenvalue weighted by atomic mass is 9.75. The first-order valence-corrected chi connectivity index (χ1v) is 7.51. The van der Waals surface area contributed by atoms with Crippen LogP contribution in [0, 0.1) is 11.8 Å². The zero-order valence-electron chi connectivity index (χ0n) is 11.8. The Kier molecular flexibility index (Phi) is 5.23. The minimum Gasteiger partial charge on any atom is -0.480 e. The van der Waals surface area contributed by atoms with Crippen LogP contribution in [0.4, 0.5) is 4.79 Å². The van der Waals surface area contributed by atoms with Gasteiger partial charge in [-0.25, -0.2) is 9.59 Å². The number of fused-ring (bicyclic) bond motifs is 1. The quantitative estimate of drug-likeness (QED) is 0.719. The Morgan fingerprint density at radius 2 is 1.90 bits per heavy atom. The Morgan fingerprint density at radius 3 is 2.55 bits per heavy atom. The van der Waals surface area contributed by atoms with Crippen LogP contribution in [0.1, 0.15) is 38.5 Å². The first-order valence-electron chi connectivity index (χ1n) is 7.51. The number of amides is 2. The molecule has 1 saturated heterocycles. The molecule has 6 nitrogen and oxygen atoms in total. The molecule has 1 aliphatic heterocycles. The van der Waals surface area contributed by atoms with Crippen LogP contribution in [0.5, 0.6) is 0 Å². The molecule has 1 aliphatic carbocycles. The first-order chi connectivity index (χ1) is 9.61. The molecule has 3 unspecified atom stereocenters. The number of hydrogen-bond donors (Lipinski definition) is 3. The predicted octanol–water partition coefficient (Wildman–Crippen LogP) is 1.04. The monoisotopic (exact) mass is 284 g/mol. The molecule has 1 heterocycles. The van der Waals surface area contributed by atoms with Gasteiger partial charge >= 0.3 is 12.0 Å². The number of carbonyl (C=O) groups is 2. The minimum absolute atomic E-state index is 0.0426. The van der Waals surface area contributed by atoms with E-state index >= 15 is 0 Å². The molecule has 20 heavy (non-hydrogen) atoms. The number of aliphatic hydroxyl groups is 1. The Morgan fingerprint density at radius 1 is 1.20 bits per heavy atom. The van der Waals surface area contributed by atoms with Crippen LogP contribution < -0.4 is 5.32 Å². The van der Waals surface area contributed by atoms with Crippen LogP contribution in [0.3, 0.4) is 0 Å². The molecule has 0 bridgehead atoms. The number of piperidine rings is 1. The van der Waals surface area contributed by atoms with Crippen LogP contribution in [-0.2, 0) is 4.79 Å². The molecule has 6 heteroatoms. The number of aliphatic carboxylic acids is 1. The van der Waals surface area contributed by atoms with Crippen molar-refractivity contribution in [2.24, 2.45) is 11.8 Å². The number of aliphatic hydroxyl groups excluding tert-OH is 1. The van der Waals surface area contributed by atoms with Gasteiger partial charge in [0.1, 0.15) is 6.04 Å². The van der Waals surface area contributed by atoms with E-state index in [-0.39, 0.29) is 19.1 Å². The van der Waals surface area contributed by atoms with Crippen molar-refractivity contribution in [1.82, 2.24) is 10.2 Å². The van der Waals surface area contributed by atoms with Crippen molar-refractivity contribution in [3.05, 3.63) is 0 Å². The third kappa shape index (κ3) is 3.62. The summed E-state index contributed by atoms with van der Waals surface area (Å²) in [5.74, 6) is 0.213. The molecular formula is C14H24N2O4. The summed E-state index contributed by atoms with van der Waals surface area (Å²) in [6, 6.07) is -1.31. The van der Waals surface area contributed by atoms with E-state index < -0.39 is 12.0 Å². The Balaban J connectivity index is 1.87. The largest absolute Gasteiger partial charge is 0.480 e. The second-order valence-electron chi connectivity index (χ2n) is 5.89. The van der Waals surface area contributed by atoms with Gasteiger partial charge in [0, 0.05) is 26.1 Å². The van der Waals surface area contributed by atoms with Crippen LogP contribution in [-0.4, -0.2) is 52.9 Å². The number of hydrogen-bond acceptors (Lipinski definition) is 3. The minimum atomic E-state index is -1.10. The third-order valence-electron chi connectivity index (χ3n) is 4.59. The number of carboxylic acids is 1. The first kappa shape index (κ1) is 15.1. The summed E-state index contributed by atoms with van der Waals surface area (Å²) in [6.45, 7) is 1.20. The molecule has 114 valence electrons. The van der Waals surface area contributed by atoms with Crippen molar-refractivity contribution in [3.8, 4) is 0 Å². The smallest absolute Gasteiger partial charge is 0.326 e. The van der Waals surface area contributed by atoms with Crippen molar-refractivity contribution in [2.75, 3.05) is 19.7 Å². The normalized spacial score (nSPS) is 27.6. The lowest BCUT2D eigenvalue weighted by Gasteiger charge is -2.41. The SMILES string of the molecule is O=C(O)C(CCO)NC(=O)N1CCC2CCCCC2C1. The van der Waals surface area contributed by atoms with Gasteiger partial charge in [-0.1, -0.05) is 19.3 Å². The average molecular weight is 284 g/mol. The lowest BCUT2D eigenvalue weighted by molar-refractivity contribution is -0.139. The number of likely N-dealkylation sites (tertiary alicyclic amines) is 1. The van der Waals surface area contributed by atoms with Crippen LogP contribution in [0.25, 0.3) is 0 Å². The van der Waals surface area contributed by atoms with E-state index in [1.807, 2.05) is 0 Å². The van der Waals surface area contributed by atoms with Crippen LogP contribution in [0.2, 0.25) is 0 Å². The molecule has 2 fully saturated rings. The highest BCUT2D eigenvalue weighted by molar-refractivity contribution is 5.82. The van der Waals surface area contributed by atoms with Crippen molar-refractivity contribution in [3.63, 3.8) is 0 Å². The van der Waals surface area contributed by atoms with Crippen molar-refractivity contribution in [1.29, 1.82) is 0 Å². The summed E-state index contributed by atoms with van der Waals surface area (Å²) >= 11 is 0. The van der Waals surface area contributed by atoms with Gasteiger partial charge in [-0.3, -0.25) is 0 Å². The van der Waals surface area contributed by atoms with Gasteiger partial charge in [-0.05, 0) is 24.7 Å². The Hall–Kier alpha value is -1.30. The number of carboxylic acid groups (broad SMARTS) is 1. The molecule has 0 aromatic carbocycles. The molecule has 0 aromatic rings. The van der Waals surface area contributed by atoms with E-state index in [9.17, 15) is 9.59 Å². The molecule has 0 radical (unpaired) electrons. The average Bonchev–Trinajstić information content (AvgIpc) is 2.46. The van der Waals surface area contributed by atoms with E-state index in [1.165, 1.54) is 25.7 Å². The molecular weight excluding hydrogens is 260 g/mol. The molecule has 3 N–H and O–H groups in total. The summed E-state index contributed by atoms with van der Waals surface area (Å²) in [5, 5.41) is 20.3. The van der Waals surface area contributed by atoms with E-state index in [2.05, 4.69) is 5.32 Å². The topological polar surface area (TPSA) is 89.9 Å². The van der Waals surface area contributed by atoms with Crippen LogP contribution in [0.15, 0.2) is 0 Å². The number of nitrogens with zero attached hydrogens (tertiary/aromatic N) is 1. The Labute approximate surface area is 119 Å². The molecule has 0 spiro atoms. The van der Waals surface area contributed by atoms with E-state index in [0.29, 0.717) is 12.5 Å². The highest BCUT2D eigenvalue weighted by atomic mass is 16.4. The summed E-state index contributed by atoms with van der Waals surface area (Å²) in [6.07, 6.45) is 6.04. The fraction of sp³-hybridized carbons (Fsp3) is 0.857. The van der Waals surface area contributed by atoms with Gasteiger partial charge in [0.05, 0.1) is 0 Å². The fourth-order valence-electron chi connectivity index (χ4n) is 3.41. The molecule has 1 saturated carbocycles. The van der Waals surface area contributed by atoms with E-state index in [4.69, 9.17) is 10.2 Å². The van der Waals surface area contributed by atoms with Gasteiger partial charge in [0.2, 0.25) is 0 Å². The molecule has 2 rings (SSSR count). The maximum atomic E-state index is 12.1. The number of nitrogens with one attached hydrogen (secondary N) is 1. The zero-order chi connectivity index (χ0) is 14.5. The van der Waals surface area contributed by atoms with Gasteiger partial charge in [0.25, 0.3) is 0 Å². The highest BCUT2D eigenvalue weighted by Gasteiger charge is 2.33. The Bertz CT molecular complexity index is 361. The predicted molar refractivity (Wildman–Crippen MR) is 73.3 cm³/mol. The molecule has 3 atom stereocenters. The van der Waals surface area contributed by atoms with Gasteiger partial charge in [-0.15, -0.1) is 0 Å². The van der Waals surface area contributed by atoms with E-state index in [1.54, 1.807) is 4.90 Å². The fourth-order valence-corrected chi connectivity index (χ4v) is 3.41. The second kappa shape index (κ2) is 6.92. The zero-order valence-corrected chi connectivity index (χ0v) is 11.8. The lowest BCUT2D eigenvalue weighted by Crippen LogP contribution is -2.52. The summed E-state index contributed by atoms with van der Waals surface area (Å²) < 4.78 is 0. The molecule has 2 amide bonds. The van der Waals surface area contributed by atoms with Gasteiger partial charge in [0.15, 0.2) is 0 Å². The second-order valence-corrected chi connectivity index (χ2v) is 5.89. The number of rotatable bonds is 4. The van der Waals surface area contributed by atoms with Crippen molar-refractivity contribution in [2.45, 2.75) is 44.6 Å². The number of urea groups is 1. The maximum absolute atomic E-state index is 12.1. The standard InChI is InChI=1S/C14H24N2O4/c17-8-6-12(13(18)19)15-14(20)16-7-5-10-3-1-2-4-11(10)9-16/h10-12,17H,1-9H2,(H,15,20)(H,18,19). The third-order valence-corrected chi connectivity index (χ3v) is 4.59. The van der Waals surface area contributed by atoms with Crippen molar-refractivity contribution < 1.29 is 19.8 Å². The van der Waals surface area contributed by atoms with Crippen LogP contribution >= 0.6 is 0 Å². The maximum Gasteiger partial charge on any atom is 0.326 e. The van der Waals surface area contributed by atoms with Crippen molar-refractivity contribution >= 4 is 12.0 Å². The summed E-state index contributed by atoms with van der Waals surface area (Å²) in [5.41, 5.74) is 0. The van der Waals surface area contributed by atoms with Gasteiger partial charge in [-0.2, -0.15) is 0 Å². The van der Waals surface area contributed by atoms with E-state index in [0.717, 1.165) is 18.9 Å².